The molecule has 4 aromatic carbocycles. The lowest BCUT2D eigenvalue weighted by Crippen LogP contribution is -2.71. The average Bonchev–Trinajstić information content (AvgIpc) is 3.97. The summed E-state index contributed by atoms with van der Waals surface area (Å²) >= 11 is 5.02. The average molecular weight is 1040 g/mol. The minimum atomic E-state index is -1.49. The van der Waals surface area contributed by atoms with Crippen molar-refractivity contribution in [2.75, 3.05) is 16.8 Å². The van der Waals surface area contributed by atoms with Crippen molar-refractivity contribution in [1.29, 1.82) is 0 Å². The van der Waals surface area contributed by atoms with E-state index in [9.17, 15) is 44.1 Å². The van der Waals surface area contributed by atoms with Gasteiger partial charge in [-0.2, -0.15) is 0 Å². The molecule has 8 rings (SSSR count). The van der Waals surface area contributed by atoms with Gasteiger partial charge in [-0.3, -0.25) is 23.7 Å². The van der Waals surface area contributed by atoms with Gasteiger partial charge in [0.1, 0.15) is 39.7 Å². The molecule has 0 aliphatic carbocycles. The number of phenols is 1. The number of rotatable bonds is 18. The second kappa shape index (κ2) is 21.0. The summed E-state index contributed by atoms with van der Waals surface area (Å²) in [4.78, 5) is 91.1. The SMILES string of the molecule is CC(C)(C)OC(=O)C(O/N=C(\C(=O)NC1C(=O)N2C(C(=O)O)=C(CSc3s[nH]c(=O)c3C(=O)O)CSC12)c1csc(NC(c2ccccc2)(c2ccccc2)c2ccccc2)n1)Sc1ccc(O)cc1. The highest BCUT2D eigenvalue weighted by Crippen LogP contribution is 2.43. The Morgan fingerprint density at radius 2 is 1.49 bits per heavy atom. The number of carbonyl (C=O) groups is 5. The van der Waals surface area contributed by atoms with E-state index in [0.29, 0.717) is 15.6 Å². The summed E-state index contributed by atoms with van der Waals surface area (Å²) in [6, 6.07) is 34.0. The van der Waals surface area contributed by atoms with Crippen molar-refractivity contribution in [2.24, 2.45) is 5.16 Å². The van der Waals surface area contributed by atoms with Crippen LogP contribution in [0.15, 0.2) is 151 Å². The van der Waals surface area contributed by atoms with Crippen LogP contribution < -0.4 is 16.2 Å². The number of aromatic nitrogens is 2. The van der Waals surface area contributed by atoms with Crippen molar-refractivity contribution in [3.63, 3.8) is 0 Å². The van der Waals surface area contributed by atoms with Crippen molar-refractivity contribution in [3.05, 3.63) is 170 Å². The van der Waals surface area contributed by atoms with Crippen molar-refractivity contribution in [2.45, 2.75) is 57.9 Å². The Morgan fingerprint density at radius 3 is 2.04 bits per heavy atom. The maximum atomic E-state index is 14.6. The van der Waals surface area contributed by atoms with E-state index in [0.717, 1.165) is 68.0 Å². The molecule has 17 nitrogen and oxygen atoms in total. The fourth-order valence-electron chi connectivity index (χ4n) is 7.53. The van der Waals surface area contributed by atoms with Crippen LogP contribution in [0.3, 0.4) is 0 Å². The Morgan fingerprint density at radius 1 is 0.886 bits per heavy atom. The smallest absolute Gasteiger partial charge is 0.361 e. The number of carboxylic acids is 2. The number of aromatic amines is 1. The van der Waals surface area contributed by atoms with Crippen molar-refractivity contribution in [1.82, 2.24) is 19.6 Å². The molecule has 1 fully saturated rings. The Balaban J connectivity index is 1.13. The molecule has 2 aliphatic heterocycles. The first-order valence-corrected chi connectivity index (χ1v) is 25.8. The van der Waals surface area contributed by atoms with Crippen LogP contribution in [-0.4, -0.2) is 99.0 Å². The quantitative estimate of drug-likeness (QED) is 0.00932. The molecule has 3 atom stereocenters. The highest BCUT2D eigenvalue weighted by atomic mass is 32.2. The molecular weight excluding hydrogens is 997 g/mol. The number of ether oxygens (including phenoxy) is 1. The van der Waals surface area contributed by atoms with E-state index in [-0.39, 0.29) is 32.9 Å². The van der Waals surface area contributed by atoms with Gasteiger partial charge in [0.05, 0.1) is 4.21 Å². The number of H-pyrrole nitrogens is 1. The molecule has 0 spiro atoms. The van der Waals surface area contributed by atoms with Crippen molar-refractivity contribution in [3.8, 4) is 5.75 Å². The second-order valence-corrected chi connectivity index (χ2v) is 21.6. The lowest BCUT2D eigenvalue weighted by atomic mass is 9.77. The summed E-state index contributed by atoms with van der Waals surface area (Å²) in [5, 5.41) is 41.5. The first kappa shape index (κ1) is 49.6. The standard InChI is InChI=1S/C48H42N6O11S5/c1-47(2,3)64-43(63)44(69-31-21-19-30(55)20-22-31)65-52-34(32-25-68-46(49-32)51-48(27-13-7-4-8-14-27,28-15-9-5-10-16-28)29-17-11-6-12-18-29)38(57)50-35-39(58)54-36(42(61)62)26(23-66-40(35)54)24-67-45-33(41(59)60)37(56)53-70-45/h4-22,25,35,40,44,55H,23-24H2,1-3H3,(H,49,51)(H,50,57)(H,53,56)(H,59,60)(H,61,62)/b52-34-. The lowest BCUT2D eigenvalue weighted by molar-refractivity contribution is -0.162. The Labute approximate surface area is 420 Å². The third-order valence-electron chi connectivity index (χ3n) is 10.6. The van der Waals surface area contributed by atoms with Crippen molar-refractivity contribution < 1.29 is 48.9 Å². The number of thiazole rings is 1. The number of aliphatic carboxylic acids is 1. The molecule has 6 N–H and O–H groups in total. The number of β-lactam (4-membered cyclic amide) rings is 1. The molecule has 1 saturated heterocycles. The number of esters is 1. The van der Waals surface area contributed by atoms with Crippen LogP contribution in [0.4, 0.5) is 5.13 Å². The first-order chi connectivity index (χ1) is 33.5. The molecule has 0 radical (unpaired) electrons. The van der Waals surface area contributed by atoms with Gasteiger partial charge >= 0.3 is 17.9 Å². The summed E-state index contributed by atoms with van der Waals surface area (Å²) in [6.07, 6.45) is 0. The van der Waals surface area contributed by atoms with Crippen LogP contribution >= 0.6 is 58.2 Å². The van der Waals surface area contributed by atoms with E-state index in [1.165, 1.54) is 23.9 Å². The minimum absolute atomic E-state index is 0.00352. The van der Waals surface area contributed by atoms with E-state index in [4.69, 9.17) is 14.6 Å². The number of oxime groups is 1. The summed E-state index contributed by atoms with van der Waals surface area (Å²) in [6.45, 7) is 5.03. The highest BCUT2D eigenvalue weighted by Gasteiger charge is 2.54. The number of carboxylic acid groups (broad SMARTS) is 2. The molecule has 0 bridgehead atoms. The third kappa shape index (κ3) is 10.6. The zero-order chi connectivity index (χ0) is 49.7. The molecule has 6 aromatic rings. The lowest BCUT2D eigenvalue weighted by Gasteiger charge is -2.49. The zero-order valence-corrected chi connectivity index (χ0v) is 41.3. The molecule has 22 heteroatoms. The number of hydrogen-bond donors (Lipinski definition) is 6. The number of nitrogens with zero attached hydrogens (tertiary/aromatic N) is 3. The minimum Gasteiger partial charge on any atom is -0.508 e. The molecule has 4 heterocycles. The van der Waals surface area contributed by atoms with Gasteiger partial charge in [0.2, 0.25) is 0 Å². The van der Waals surface area contributed by atoms with E-state index >= 15 is 0 Å². The molecular formula is C48H42N6O11S5. The van der Waals surface area contributed by atoms with Gasteiger partial charge < -0.3 is 35.5 Å². The number of hydrogen-bond acceptors (Lipinski definition) is 17. The predicted octanol–water partition coefficient (Wildman–Crippen LogP) is 7.41. The van der Waals surface area contributed by atoms with Gasteiger partial charge in [-0.05, 0) is 67.3 Å². The number of fused-ring (bicyclic) bond motifs is 1. The largest absolute Gasteiger partial charge is 0.508 e. The van der Waals surface area contributed by atoms with Gasteiger partial charge in [0, 0.05) is 21.8 Å². The first-order valence-electron chi connectivity index (χ1n) is 21.2. The van der Waals surface area contributed by atoms with Crippen molar-refractivity contribution >= 4 is 98.7 Å². The molecule has 360 valence electrons. The Hall–Kier alpha value is -6.85. The van der Waals surface area contributed by atoms with Crippen LogP contribution in [0.2, 0.25) is 0 Å². The monoisotopic (exact) mass is 1040 g/mol. The van der Waals surface area contributed by atoms with E-state index in [2.05, 4.69) is 20.2 Å². The molecule has 3 unspecified atom stereocenters. The third-order valence-corrected chi connectivity index (χ3v) is 16.0. The van der Waals surface area contributed by atoms with Gasteiger partial charge in [0.15, 0.2) is 16.4 Å². The predicted molar refractivity (Wildman–Crippen MR) is 268 cm³/mol. The normalized spacial score (nSPS) is 16.4. The molecule has 2 aromatic heterocycles. The molecule has 0 saturated carbocycles. The number of thioether (sulfide) groups is 3. The molecule has 70 heavy (non-hydrogen) atoms. The molecule has 2 amide bonds. The van der Waals surface area contributed by atoms with Crippen LogP contribution in [0.5, 0.6) is 5.75 Å². The molecule has 2 aliphatic rings. The maximum absolute atomic E-state index is 14.6. The number of anilines is 1. The number of nitrogens with one attached hydrogen (secondary N) is 3. The van der Waals surface area contributed by atoms with Gasteiger partial charge in [-0.15, -0.1) is 34.9 Å². The summed E-state index contributed by atoms with van der Waals surface area (Å²) in [5.74, 6) is -5.28. The highest BCUT2D eigenvalue weighted by molar-refractivity contribution is 8.02. The summed E-state index contributed by atoms with van der Waals surface area (Å²) in [7, 11) is 0. The number of amides is 2. The number of aromatic hydroxyl groups is 1. The van der Waals surface area contributed by atoms with Crippen LogP contribution in [-0.2, 0) is 34.3 Å². The Kier molecular flexibility index (Phi) is 14.9. The number of phenolic OH excluding ortho intramolecular Hbond substituents is 1. The number of carbonyl (C=O) groups excluding carboxylic acids is 3. The summed E-state index contributed by atoms with van der Waals surface area (Å²) in [5.41, 5.74) is -2.47. The van der Waals surface area contributed by atoms with E-state index in [1.54, 1.807) is 38.3 Å². The summed E-state index contributed by atoms with van der Waals surface area (Å²) < 4.78 is 8.19. The Bertz CT molecular complexity index is 2950. The van der Waals surface area contributed by atoms with E-state index < -0.39 is 74.5 Å². The van der Waals surface area contributed by atoms with E-state index in [1.807, 2.05) is 91.0 Å². The number of aromatic carboxylic acids is 1. The maximum Gasteiger partial charge on any atom is 0.361 e. The second-order valence-electron chi connectivity index (χ2n) is 16.4. The van der Waals surface area contributed by atoms with Gasteiger partial charge in [0.25, 0.3) is 22.8 Å². The zero-order valence-electron chi connectivity index (χ0n) is 37.2. The number of benzene rings is 4. The topological polar surface area (TPSA) is 250 Å². The van der Waals surface area contributed by atoms with Gasteiger partial charge in [-0.1, -0.05) is 119 Å². The van der Waals surface area contributed by atoms with Crippen LogP contribution in [0.1, 0.15) is 53.5 Å². The van der Waals surface area contributed by atoms with Gasteiger partial charge in [-0.25, -0.2) is 19.4 Å². The van der Waals surface area contributed by atoms with Crippen LogP contribution in [0, 0.1) is 0 Å². The fraction of sp³-hybridized carbons (Fsp3) is 0.208. The fourth-order valence-corrected chi connectivity index (χ4v) is 12.5. The van der Waals surface area contributed by atoms with Crippen LogP contribution in [0.25, 0.3) is 0 Å².